The van der Waals surface area contributed by atoms with Gasteiger partial charge in [-0.3, -0.25) is 0 Å². The van der Waals surface area contributed by atoms with Crippen molar-refractivity contribution >= 4 is 5.97 Å². The molecule has 2 aliphatic rings. The summed E-state index contributed by atoms with van der Waals surface area (Å²) in [5.74, 6) is 3.33. The molecule has 27 heavy (non-hydrogen) atoms. The monoisotopic (exact) mass is 363 g/mol. The Labute approximate surface area is 162 Å². The van der Waals surface area contributed by atoms with Gasteiger partial charge in [-0.15, -0.1) is 0 Å². The van der Waals surface area contributed by atoms with Crippen LogP contribution in [0.15, 0.2) is 54.6 Å². The van der Waals surface area contributed by atoms with Gasteiger partial charge in [0.1, 0.15) is 5.75 Å². The average molecular weight is 364 g/mol. The van der Waals surface area contributed by atoms with Crippen LogP contribution in [0, 0.1) is 17.8 Å². The number of hydrogen-bond donors (Lipinski definition) is 0. The number of rotatable bonds is 5. The Morgan fingerprint density at radius 3 is 2.63 bits per heavy atom. The van der Waals surface area contributed by atoms with Gasteiger partial charge in [-0.1, -0.05) is 36.8 Å². The number of esters is 1. The van der Waals surface area contributed by atoms with Crippen LogP contribution >= 0.6 is 0 Å². The molecule has 0 aromatic heterocycles. The summed E-state index contributed by atoms with van der Waals surface area (Å²) < 4.78 is 5.67. The molecule has 4 atom stereocenters. The van der Waals surface area contributed by atoms with Crippen molar-refractivity contribution in [1.82, 2.24) is 4.90 Å². The van der Waals surface area contributed by atoms with Gasteiger partial charge in [0.2, 0.25) is 0 Å². The highest BCUT2D eigenvalue weighted by molar-refractivity contribution is 5.90. The third-order valence-electron chi connectivity index (χ3n) is 6.37. The lowest BCUT2D eigenvalue weighted by molar-refractivity contribution is 0.0734. The smallest absolute Gasteiger partial charge is 0.343 e. The van der Waals surface area contributed by atoms with E-state index in [4.69, 9.17) is 4.74 Å². The lowest BCUT2D eigenvalue weighted by Gasteiger charge is -2.38. The predicted molar refractivity (Wildman–Crippen MR) is 108 cm³/mol. The summed E-state index contributed by atoms with van der Waals surface area (Å²) in [4.78, 5) is 14.7. The zero-order valence-electron chi connectivity index (χ0n) is 16.3. The second-order valence-corrected chi connectivity index (χ2v) is 8.54. The molecule has 2 saturated carbocycles. The van der Waals surface area contributed by atoms with E-state index >= 15 is 0 Å². The van der Waals surface area contributed by atoms with Crippen molar-refractivity contribution < 1.29 is 9.53 Å². The Morgan fingerprint density at radius 1 is 1.04 bits per heavy atom. The summed E-state index contributed by atoms with van der Waals surface area (Å²) in [5, 5.41) is 0. The molecular weight excluding hydrogens is 334 g/mol. The van der Waals surface area contributed by atoms with E-state index in [0.717, 1.165) is 18.4 Å². The molecule has 0 saturated heterocycles. The van der Waals surface area contributed by atoms with Crippen LogP contribution in [0.3, 0.4) is 0 Å². The Kier molecular flexibility index (Phi) is 5.31. The van der Waals surface area contributed by atoms with Gasteiger partial charge in [0.05, 0.1) is 5.56 Å². The summed E-state index contributed by atoms with van der Waals surface area (Å²) in [6.45, 7) is 1.14. The van der Waals surface area contributed by atoms with Crippen molar-refractivity contribution in [2.75, 3.05) is 20.6 Å². The SMILES string of the molecule is CN(C)C[C@H]1[C@@H]2CC[C@@H](C2)C[C@H]1c1cccc(OC(=O)c2ccccc2)c1. The van der Waals surface area contributed by atoms with Crippen LogP contribution in [-0.4, -0.2) is 31.5 Å². The molecule has 0 aliphatic heterocycles. The van der Waals surface area contributed by atoms with Crippen molar-refractivity contribution in [2.24, 2.45) is 17.8 Å². The molecule has 3 nitrogen and oxygen atoms in total. The fourth-order valence-electron chi connectivity index (χ4n) is 5.21. The normalized spacial score (nSPS) is 26.9. The maximum atomic E-state index is 12.4. The summed E-state index contributed by atoms with van der Waals surface area (Å²) in [6, 6.07) is 17.4. The van der Waals surface area contributed by atoms with Crippen molar-refractivity contribution in [3.63, 3.8) is 0 Å². The number of hydrogen-bond acceptors (Lipinski definition) is 3. The number of ether oxygens (including phenoxy) is 1. The summed E-state index contributed by atoms with van der Waals surface area (Å²) in [5.41, 5.74) is 1.92. The van der Waals surface area contributed by atoms with Gasteiger partial charge in [0, 0.05) is 6.54 Å². The first kappa shape index (κ1) is 18.2. The molecule has 142 valence electrons. The minimum Gasteiger partial charge on any atom is -0.423 e. The number of carbonyl (C=O) groups excluding carboxylic acids is 1. The molecule has 2 bridgehead atoms. The highest BCUT2D eigenvalue weighted by Gasteiger charge is 2.42. The second kappa shape index (κ2) is 7.85. The van der Waals surface area contributed by atoms with Crippen LogP contribution in [0.4, 0.5) is 0 Å². The van der Waals surface area contributed by atoms with Crippen molar-refractivity contribution in [3.05, 3.63) is 65.7 Å². The molecule has 2 fully saturated rings. The van der Waals surface area contributed by atoms with Crippen molar-refractivity contribution in [2.45, 2.75) is 31.6 Å². The number of carbonyl (C=O) groups is 1. The summed E-state index contributed by atoms with van der Waals surface area (Å²) >= 11 is 0. The van der Waals surface area contributed by atoms with Crippen LogP contribution in [0.25, 0.3) is 0 Å². The molecule has 0 unspecified atom stereocenters. The van der Waals surface area contributed by atoms with Crippen LogP contribution in [0.1, 0.15) is 47.5 Å². The predicted octanol–water partition coefficient (Wildman–Crippen LogP) is 4.99. The van der Waals surface area contributed by atoms with E-state index in [0.29, 0.717) is 23.1 Å². The van der Waals surface area contributed by atoms with Crippen molar-refractivity contribution in [1.29, 1.82) is 0 Å². The third kappa shape index (κ3) is 4.08. The van der Waals surface area contributed by atoms with E-state index in [1.165, 1.54) is 31.2 Å². The minimum absolute atomic E-state index is 0.290. The minimum atomic E-state index is -0.290. The Balaban J connectivity index is 1.55. The first-order chi connectivity index (χ1) is 13.1. The van der Waals surface area contributed by atoms with E-state index in [9.17, 15) is 4.79 Å². The zero-order chi connectivity index (χ0) is 18.8. The molecule has 0 spiro atoms. The fraction of sp³-hybridized carbons (Fsp3) is 0.458. The largest absolute Gasteiger partial charge is 0.423 e. The van der Waals surface area contributed by atoms with Gasteiger partial charge < -0.3 is 9.64 Å². The molecule has 0 heterocycles. The Bertz CT molecular complexity index is 786. The van der Waals surface area contributed by atoms with Crippen LogP contribution in [0.5, 0.6) is 5.75 Å². The Hall–Kier alpha value is -2.13. The van der Waals surface area contributed by atoms with E-state index in [2.05, 4.69) is 31.1 Å². The van der Waals surface area contributed by atoms with Gasteiger partial charge in [0.25, 0.3) is 0 Å². The quantitative estimate of drug-likeness (QED) is 0.554. The van der Waals surface area contributed by atoms with Crippen molar-refractivity contribution in [3.8, 4) is 5.75 Å². The first-order valence-electron chi connectivity index (χ1n) is 10.1. The van der Waals surface area contributed by atoms with E-state index < -0.39 is 0 Å². The van der Waals surface area contributed by atoms with E-state index in [1.54, 1.807) is 12.1 Å². The molecule has 0 radical (unpaired) electrons. The standard InChI is InChI=1S/C24H29NO2/c1-25(2)16-23-20-12-11-17(13-20)14-22(23)19-9-6-10-21(15-19)27-24(26)18-7-4-3-5-8-18/h3-10,15,17,20,22-23H,11-14,16H2,1-2H3/t17-,20+,22-,23-/m0/s1. The van der Waals surface area contributed by atoms with Gasteiger partial charge >= 0.3 is 5.97 Å². The number of nitrogens with zero attached hydrogens (tertiary/aromatic N) is 1. The van der Waals surface area contributed by atoms with E-state index in [1.807, 2.05) is 30.3 Å². The lowest BCUT2D eigenvalue weighted by atomic mass is 9.69. The first-order valence-corrected chi connectivity index (χ1v) is 10.1. The third-order valence-corrected chi connectivity index (χ3v) is 6.37. The van der Waals surface area contributed by atoms with Gasteiger partial charge in [-0.05, 0) is 86.9 Å². The van der Waals surface area contributed by atoms with E-state index in [-0.39, 0.29) is 5.97 Å². The molecule has 0 N–H and O–H groups in total. The average Bonchev–Trinajstić information content (AvgIpc) is 3.07. The topological polar surface area (TPSA) is 29.5 Å². The highest BCUT2D eigenvalue weighted by atomic mass is 16.5. The molecule has 2 aliphatic carbocycles. The molecular formula is C24H29NO2. The van der Waals surface area contributed by atoms with Crippen LogP contribution in [0.2, 0.25) is 0 Å². The van der Waals surface area contributed by atoms with Crippen LogP contribution in [-0.2, 0) is 0 Å². The molecule has 3 heteroatoms. The molecule has 4 rings (SSSR count). The molecule has 0 amide bonds. The van der Waals surface area contributed by atoms with Crippen LogP contribution < -0.4 is 4.74 Å². The number of fused-ring (bicyclic) bond motifs is 2. The zero-order valence-corrected chi connectivity index (χ0v) is 16.3. The maximum absolute atomic E-state index is 12.4. The van der Waals surface area contributed by atoms with Gasteiger partial charge in [-0.2, -0.15) is 0 Å². The lowest BCUT2D eigenvalue weighted by Crippen LogP contribution is -2.34. The second-order valence-electron chi connectivity index (χ2n) is 8.54. The van der Waals surface area contributed by atoms with Gasteiger partial charge in [-0.25, -0.2) is 4.79 Å². The summed E-state index contributed by atoms with van der Waals surface area (Å²) in [6.07, 6.45) is 5.43. The fourth-order valence-corrected chi connectivity index (χ4v) is 5.21. The number of benzene rings is 2. The highest BCUT2D eigenvalue weighted by Crippen LogP contribution is 2.52. The maximum Gasteiger partial charge on any atom is 0.343 e. The van der Waals surface area contributed by atoms with Gasteiger partial charge in [0.15, 0.2) is 0 Å². The summed E-state index contributed by atoms with van der Waals surface area (Å²) in [7, 11) is 4.35. The Morgan fingerprint density at radius 2 is 1.85 bits per heavy atom. The molecule has 2 aromatic carbocycles. The molecule has 2 aromatic rings.